The van der Waals surface area contributed by atoms with Crippen LogP contribution in [0.4, 0.5) is 5.13 Å². The van der Waals surface area contributed by atoms with E-state index in [1.165, 1.54) is 11.3 Å². The summed E-state index contributed by atoms with van der Waals surface area (Å²) in [5, 5.41) is 21.5. The van der Waals surface area contributed by atoms with Crippen molar-refractivity contribution in [3.8, 4) is 0 Å². The lowest BCUT2D eigenvalue weighted by Crippen LogP contribution is -2.19. The average molecular weight is 257 g/mol. The van der Waals surface area contributed by atoms with Crippen LogP contribution in [0.1, 0.15) is 31.7 Å². The number of carbonyl (C=O) groups is 1. The number of hydrogen-bond donors (Lipinski definition) is 2. The maximum absolute atomic E-state index is 10.8. The minimum atomic E-state index is -0.745. The molecule has 0 saturated heterocycles. The van der Waals surface area contributed by atoms with Crippen LogP contribution in [0.2, 0.25) is 0 Å². The zero-order valence-electron chi connectivity index (χ0n) is 10.4. The Bertz CT molecular complexity index is 365. The standard InChI is InChI=1S/C11H19N3O2S/c1-7(2)4-9(5-10(15)16)6-12-11-14-13-8(3)17-11/h7,9H,4-6H2,1-3H3,(H,12,14)(H,15,16). The quantitative estimate of drug-likeness (QED) is 0.784. The molecular formula is C11H19N3O2S. The van der Waals surface area contributed by atoms with Crippen molar-refractivity contribution in [2.45, 2.75) is 33.6 Å². The van der Waals surface area contributed by atoms with Gasteiger partial charge in [0, 0.05) is 13.0 Å². The molecule has 0 aliphatic rings. The molecule has 0 amide bonds. The lowest BCUT2D eigenvalue weighted by molar-refractivity contribution is -0.138. The maximum atomic E-state index is 10.8. The van der Waals surface area contributed by atoms with Gasteiger partial charge in [-0.15, -0.1) is 10.2 Å². The van der Waals surface area contributed by atoms with Gasteiger partial charge in [-0.2, -0.15) is 0 Å². The highest BCUT2D eigenvalue weighted by Gasteiger charge is 2.15. The van der Waals surface area contributed by atoms with Gasteiger partial charge in [0.25, 0.3) is 0 Å². The molecule has 1 heterocycles. The lowest BCUT2D eigenvalue weighted by Gasteiger charge is -2.17. The maximum Gasteiger partial charge on any atom is 0.303 e. The zero-order valence-corrected chi connectivity index (χ0v) is 11.3. The van der Waals surface area contributed by atoms with E-state index in [0.29, 0.717) is 12.5 Å². The molecule has 0 spiro atoms. The summed E-state index contributed by atoms with van der Waals surface area (Å²) >= 11 is 1.49. The molecule has 2 N–H and O–H groups in total. The number of hydrogen-bond acceptors (Lipinski definition) is 5. The molecule has 1 rings (SSSR count). The van der Waals surface area contributed by atoms with Gasteiger partial charge in [0.15, 0.2) is 0 Å². The van der Waals surface area contributed by atoms with Crippen LogP contribution in [0, 0.1) is 18.8 Å². The Morgan fingerprint density at radius 1 is 1.47 bits per heavy atom. The van der Waals surface area contributed by atoms with Crippen molar-refractivity contribution >= 4 is 22.4 Å². The number of aromatic nitrogens is 2. The molecule has 0 bridgehead atoms. The van der Waals surface area contributed by atoms with E-state index >= 15 is 0 Å². The van der Waals surface area contributed by atoms with Gasteiger partial charge in [-0.05, 0) is 25.2 Å². The molecule has 0 aliphatic heterocycles. The summed E-state index contributed by atoms with van der Waals surface area (Å²) in [6, 6.07) is 0. The number of rotatable bonds is 7. The van der Waals surface area contributed by atoms with E-state index < -0.39 is 5.97 Å². The Hall–Kier alpha value is -1.17. The molecule has 0 aliphatic carbocycles. The van der Waals surface area contributed by atoms with Crippen molar-refractivity contribution in [1.29, 1.82) is 0 Å². The number of aryl methyl sites for hydroxylation is 1. The van der Waals surface area contributed by atoms with Crippen LogP contribution >= 0.6 is 11.3 Å². The summed E-state index contributed by atoms with van der Waals surface area (Å²) in [6.45, 7) is 6.73. The minimum Gasteiger partial charge on any atom is -0.481 e. The molecule has 6 heteroatoms. The van der Waals surface area contributed by atoms with Crippen molar-refractivity contribution in [3.05, 3.63) is 5.01 Å². The third-order valence-electron chi connectivity index (χ3n) is 2.34. The van der Waals surface area contributed by atoms with Gasteiger partial charge < -0.3 is 10.4 Å². The average Bonchev–Trinajstić information content (AvgIpc) is 2.59. The first-order valence-corrected chi connectivity index (χ1v) is 6.54. The summed E-state index contributed by atoms with van der Waals surface area (Å²) in [5.41, 5.74) is 0. The van der Waals surface area contributed by atoms with E-state index in [1.807, 2.05) is 6.92 Å². The number of nitrogens with zero attached hydrogens (tertiary/aromatic N) is 2. The molecule has 0 fully saturated rings. The van der Waals surface area contributed by atoms with Gasteiger partial charge in [0.05, 0.1) is 0 Å². The van der Waals surface area contributed by atoms with E-state index in [2.05, 4.69) is 29.4 Å². The molecule has 1 unspecified atom stereocenters. The van der Waals surface area contributed by atoms with Crippen molar-refractivity contribution < 1.29 is 9.90 Å². The summed E-state index contributed by atoms with van der Waals surface area (Å²) in [4.78, 5) is 10.8. The van der Waals surface area contributed by atoms with Gasteiger partial charge in [0.2, 0.25) is 5.13 Å². The first-order chi connectivity index (χ1) is 7.97. The van der Waals surface area contributed by atoms with E-state index in [9.17, 15) is 4.79 Å². The Morgan fingerprint density at radius 2 is 2.18 bits per heavy atom. The van der Waals surface area contributed by atoms with Gasteiger partial charge in [0.1, 0.15) is 5.01 Å². The highest BCUT2D eigenvalue weighted by Crippen LogP contribution is 2.19. The summed E-state index contributed by atoms with van der Waals surface area (Å²) in [7, 11) is 0. The summed E-state index contributed by atoms with van der Waals surface area (Å²) < 4.78 is 0. The number of carboxylic acids is 1. The molecule has 17 heavy (non-hydrogen) atoms. The largest absolute Gasteiger partial charge is 0.481 e. The monoisotopic (exact) mass is 257 g/mol. The Kier molecular flexibility index (Phi) is 5.34. The fourth-order valence-electron chi connectivity index (χ4n) is 1.75. The highest BCUT2D eigenvalue weighted by atomic mass is 32.1. The molecule has 5 nitrogen and oxygen atoms in total. The summed E-state index contributed by atoms with van der Waals surface area (Å²) in [6.07, 6.45) is 1.10. The van der Waals surface area contributed by atoms with E-state index in [4.69, 9.17) is 5.11 Å². The van der Waals surface area contributed by atoms with E-state index in [-0.39, 0.29) is 12.3 Å². The molecule has 1 aromatic heterocycles. The third-order valence-corrected chi connectivity index (χ3v) is 3.13. The molecular weight excluding hydrogens is 238 g/mol. The highest BCUT2D eigenvalue weighted by molar-refractivity contribution is 7.15. The van der Waals surface area contributed by atoms with Gasteiger partial charge in [-0.3, -0.25) is 4.79 Å². The molecule has 0 aromatic carbocycles. The molecule has 0 saturated carbocycles. The van der Waals surface area contributed by atoms with Gasteiger partial charge in [-0.25, -0.2) is 0 Å². The molecule has 0 radical (unpaired) electrons. The fraction of sp³-hybridized carbons (Fsp3) is 0.727. The van der Waals surface area contributed by atoms with Crippen molar-refractivity contribution in [2.75, 3.05) is 11.9 Å². The van der Waals surface area contributed by atoms with Gasteiger partial charge in [-0.1, -0.05) is 25.2 Å². The zero-order chi connectivity index (χ0) is 12.8. The van der Waals surface area contributed by atoms with Gasteiger partial charge >= 0.3 is 5.97 Å². The number of anilines is 1. The second-order valence-corrected chi connectivity index (χ2v) is 5.78. The van der Waals surface area contributed by atoms with Crippen LogP contribution in [0.15, 0.2) is 0 Å². The van der Waals surface area contributed by atoms with Crippen molar-refractivity contribution in [1.82, 2.24) is 10.2 Å². The molecule has 1 aromatic rings. The second-order valence-electron chi connectivity index (χ2n) is 4.60. The first-order valence-electron chi connectivity index (χ1n) is 5.73. The van der Waals surface area contributed by atoms with Crippen molar-refractivity contribution in [2.24, 2.45) is 11.8 Å². The van der Waals surface area contributed by atoms with Crippen LogP contribution in [0.3, 0.4) is 0 Å². The lowest BCUT2D eigenvalue weighted by atomic mass is 9.94. The molecule has 96 valence electrons. The fourth-order valence-corrected chi connectivity index (χ4v) is 2.35. The minimum absolute atomic E-state index is 0.136. The predicted octanol–water partition coefficient (Wildman–Crippen LogP) is 2.40. The van der Waals surface area contributed by atoms with Crippen molar-refractivity contribution in [3.63, 3.8) is 0 Å². The Labute approximate surface area is 105 Å². The van der Waals surface area contributed by atoms with Crippen LogP contribution < -0.4 is 5.32 Å². The van der Waals surface area contributed by atoms with Crippen LogP contribution in [-0.2, 0) is 4.79 Å². The Balaban J connectivity index is 2.45. The Morgan fingerprint density at radius 3 is 2.65 bits per heavy atom. The predicted molar refractivity (Wildman–Crippen MR) is 68.3 cm³/mol. The summed E-state index contributed by atoms with van der Waals surface area (Å²) in [5.74, 6) is -0.111. The van der Waals surface area contributed by atoms with Crippen LogP contribution in [0.5, 0.6) is 0 Å². The smallest absolute Gasteiger partial charge is 0.303 e. The first kappa shape index (κ1) is 13.9. The topological polar surface area (TPSA) is 75.1 Å². The second kappa shape index (κ2) is 6.54. The van der Waals surface area contributed by atoms with Crippen LogP contribution in [0.25, 0.3) is 0 Å². The third kappa shape index (κ3) is 5.63. The number of aliphatic carboxylic acids is 1. The normalized spacial score (nSPS) is 12.7. The SMILES string of the molecule is Cc1nnc(NCC(CC(=O)O)CC(C)C)s1. The van der Waals surface area contributed by atoms with E-state index in [0.717, 1.165) is 16.6 Å². The van der Waals surface area contributed by atoms with Crippen LogP contribution in [-0.4, -0.2) is 27.8 Å². The van der Waals surface area contributed by atoms with E-state index in [1.54, 1.807) is 0 Å². The number of nitrogens with one attached hydrogen (secondary N) is 1. The number of carboxylic acid groups (broad SMARTS) is 1. The molecule has 1 atom stereocenters.